The molecule has 2 aromatic heterocycles. The minimum absolute atomic E-state index is 0.757. The lowest BCUT2D eigenvalue weighted by Crippen LogP contribution is -2.27. The van der Waals surface area contributed by atoms with Gasteiger partial charge in [0.15, 0.2) is 0 Å². The average molecular weight is 267 g/mol. The molecule has 0 aromatic carbocycles. The van der Waals surface area contributed by atoms with Gasteiger partial charge < -0.3 is 4.90 Å². The van der Waals surface area contributed by atoms with Gasteiger partial charge in [-0.05, 0) is 43.0 Å². The maximum atomic E-state index is 4.51. The predicted octanol–water partition coefficient (Wildman–Crippen LogP) is 4.20. The molecule has 2 heterocycles. The van der Waals surface area contributed by atoms with Crippen molar-refractivity contribution in [3.05, 3.63) is 48.8 Å². The van der Waals surface area contributed by atoms with E-state index < -0.39 is 0 Å². The van der Waals surface area contributed by atoms with Crippen molar-refractivity contribution in [2.45, 2.75) is 32.1 Å². The van der Waals surface area contributed by atoms with E-state index in [1.165, 1.54) is 32.1 Å². The van der Waals surface area contributed by atoms with E-state index >= 15 is 0 Å². The molecule has 3 rings (SSSR count). The van der Waals surface area contributed by atoms with Gasteiger partial charge in [0.05, 0.1) is 0 Å². The molecule has 0 aliphatic heterocycles. The minimum Gasteiger partial charge on any atom is -0.311 e. The lowest BCUT2D eigenvalue weighted by atomic mass is 9.89. The van der Waals surface area contributed by atoms with Gasteiger partial charge in [-0.15, -0.1) is 0 Å². The fraction of sp³-hybridized carbons (Fsp3) is 0.412. The molecule has 2 aromatic rings. The Morgan fingerprint density at radius 2 is 1.45 bits per heavy atom. The van der Waals surface area contributed by atoms with Crippen LogP contribution in [0.2, 0.25) is 0 Å². The van der Waals surface area contributed by atoms with E-state index in [-0.39, 0.29) is 0 Å². The van der Waals surface area contributed by atoms with Crippen molar-refractivity contribution in [2.24, 2.45) is 5.92 Å². The summed E-state index contributed by atoms with van der Waals surface area (Å²) < 4.78 is 0. The molecule has 1 aliphatic rings. The van der Waals surface area contributed by atoms with Gasteiger partial charge in [0.2, 0.25) is 0 Å². The normalized spacial score (nSPS) is 16.0. The summed E-state index contributed by atoms with van der Waals surface area (Å²) in [6.45, 7) is 1.02. The highest BCUT2D eigenvalue weighted by Gasteiger charge is 2.19. The third-order valence-electron chi connectivity index (χ3n) is 4.02. The number of anilines is 2. The number of rotatable bonds is 4. The van der Waals surface area contributed by atoms with Crippen LogP contribution >= 0.6 is 0 Å². The zero-order valence-electron chi connectivity index (χ0n) is 11.8. The van der Waals surface area contributed by atoms with Crippen LogP contribution in [0.15, 0.2) is 48.8 Å². The summed E-state index contributed by atoms with van der Waals surface area (Å²) >= 11 is 0. The van der Waals surface area contributed by atoms with Crippen molar-refractivity contribution in [3.63, 3.8) is 0 Å². The third kappa shape index (κ3) is 3.16. The molecule has 0 atom stereocenters. The molecular weight excluding hydrogens is 246 g/mol. The van der Waals surface area contributed by atoms with Gasteiger partial charge in [0.25, 0.3) is 0 Å². The Morgan fingerprint density at radius 3 is 1.95 bits per heavy atom. The first-order valence-corrected chi connectivity index (χ1v) is 7.53. The molecule has 0 radical (unpaired) electrons. The predicted molar refractivity (Wildman–Crippen MR) is 82.1 cm³/mol. The first-order chi connectivity index (χ1) is 9.93. The number of nitrogens with zero attached hydrogens (tertiary/aromatic N) is 3. The molecule has 0 N–H and O–H groups in total. The van der Waals surface area contributed by atoms with Gasteiger partial charge in [-0.2, -0.15) is 0 Å². The summed E-state index contributed by atoms with van der Waals surface area (Å²) in [7, 11) is 0. The fourth-order valence-corrected chi connectivity index (χ4v) is 2.96. The van der Waals surface area contributed by atoms with Crippen LogP contribution < -0.4 is 4.90 Å². The van der Waals surface area contributed by atoms with E-state index in [0.29, 0.717) is 0 Å². The SMILES string of the molecule is c1ccc(N(CC2CCCCC2)c2ccccn2)nc1. The molecule has 0 unspecified atom stereocenters. The van der Waals surface area contributed by atoms with E-state index in [1.54, 1.807) is 0 Å². The second kappa shape index (κ2) is 6.51. The molecule has 104 valence electrons. The molecule has 3 heteroatoms. The van der Waals surface area contributed by atoms with Gasteiger partial charge in [0, 0.05) is 18.9 Å². The largest absolute Gasteiger partial charge is 0.311 e. The monoisotopic (exact) mass is 267 g/mol. The molecule has 0 saturated heterocycles. The Bertz CT molecular complexity index is 467. The maximum Gasteiger partial charge on any atom is 0.134 e. The van der Waals surface area contributed by atoms with Crippen molar-refractivity contribution in [1.82, 2.24) is 9.97 Å². The van der Waals surface area contributed by atoms with Gasteiger partial charge in [-0.25, -0.2) is 9.97 Å². The lowest BCUT2D eigenvalue weighted by Gasteiger charge is -2.29. The minimum atomic E-state index is 0.757. The smallest absolute Gasteiger partial charge is 0.134 e. The third-order valence-corrected chi connectivity index (χ3v) is 4.02. The Labute approximate surface area is 120 Å². The Balaban J connectivity index is 1.83. The molecule has 1 fully saturated rings. The van der Waals surface area contributed by atoms with Crippen molar-refractivity contribution >= 4 is 11.6 Å². The number of hydrogen-bond donors (Lipinski definition) is 0. The summed E-state index contributed by atoms with van der Waals surface area (Å²) in [6, 6.07) is 12.1. The molecule has 20 heavy (non-hydrogen) atoms. The highest BCUT2D eigenvalue weighted by Crippen LogP contribution is 2.29. The summed E-state index contributed by atoms with van der Waals surface area (Å²) in [5.41, 5.74) is 0. The quantitative estimate of drug-likeness (QED) is 0.831. The van der Waals surface area contributed by atoms with Gasteiger partial charge in [-0.1, -0.05) is 31.4 Å². The summed E-state index contributed by atoms with van der Waals surface area (Å²) in [5, 5.41) is 0. The van der Waals surface area contributed by atoms with Crippen LogP contribution in [0.3, 0.4) is 0 Å². The maximum absolute atomic E-state index is 4.51. The highest BCUT2D eigenvalue weighted by atomic mass is 15.2. The topological polar surface area (TPSA) is 29.0 Å². The number of hydrogen-bond acceptors (Lipinski definition) is 3. The number of pyridine rings is 2. The highest BCUT2D eigenvalue weighted by molar-refractivity contribution is 5.55. The van der Waals surface area contributed by atoms with Crippen LogP contribution in [0.5, 0.6) is 0 Å². The Hall–Kier alpha value is -1.90. The zero-order valence-corrected chi connectivity index (χ0v) is 11.8. The van der Waals surface area contributed by atoms with Crippen molar-refractivity contribution < 1.29 is 0 Å². The second-order valence-electron chi connectivity index (χ2n) is 5.49. The molecule has 3 nitrogen and oxygen atoms in total. The van der Waals surface area contributed by atoms with Crippen LogP contribution in [-0.4, -0.2) is 16.5 Å². The molecule has 1 aliphatic carbocycles. The van der Waals surface area contributed by atoms with Crippen molar-refractivity contribution in [2.75, 3.05) is 11.4 Å². The standard InChI is InChI=1S/C17H21N3/c1-2-8-15(9-3-1)14-20(16-10-4-6-12-18-16)17-11-5-7-13-19-17/h4-7,10-13,15H,1-3,8-9,14H2. The van der Waals surface area contributed by atoms with Crippen LogP contribution in [0.1, 0.15) is 32.1 Å². The van der Waals surface area contributed by atoms with Crippen LogP contribution in [0.4, 0.5) is 11.6 Å². The van der Waals surface area contributed by atoms with E-state index in [9.17, 15) is 0 Å². The molecular formula is C17H21N3. The number of aromatic nitrogens is 2. The molecule has 1 saturated carbocycles. The van der Waals surface area contributed by atoms with Crippen LogP contribution in [-0.2, 0) is 0 Å². The summed E-state index contributed by atoms with van der Waals surface area (Å²) in [4.78, 5) is 11.3. The summed E-state index contributed by atoms with van der Waals surface area (Å²) in [5.74, 6) is 2.75. The van der Waals surface area contributed by atoms with E-state index in [1.807, 2.05) is 36.7 Å². The van der Waals surface area contributed by atoms with Crippen molar-refractivity contribution in [1.29, 1.82) is 0 Å². The van der Waals surface area contributed by atoms with Gasteiger partial charge in [0.1, 0.15) is 11.6 Å². The lowest BCUT2D eigenvalue weighted by molar-refractivity contribution is 0.364. The molecule has 0 spiro atoms. The zero-order chi connectivity index (χ0) is 13.6. The van der Waals surface area contributed by atoms with E-state index in [2.05, 4.69) is 27.0 Å². The van der Waals surface area contributed by atoms with Crippen LogP contribution in [0, 0.1) is 5.92 Å². The van der Waals surface area contributed by atoms with E-state index in [4.69, 9.17) is 0 Å². The second-order valence-corrected chi connectivity index (χ2v) is 5.49. The van der Waals surface area contributed by atoms with Gasteiger partial charge >= 0.3 is 0 Å². The molecule has 0 amide bonds. The Morgan fingerprint density at radius 1 is 0.850 bits per heavy atom. The Kier molecular flexibility index (Phi) is 4.26. The first-order valence-electron chi connectivity index (χ1n) is 7.53. The van der Waals surface area contributed by atoms with Gasteiger partial charge in [-0.3, -0.25) is 0 Å². The fourth-order valence-electron chi connectivity index (χ4n) is 2.96. The summed E-state index contributed by atoms with van der Waals surface area (Å²) in [6.07, 6.45) is 10.5. The average Bonchev–Trinajstić information content (AvgIpc) is 2.55. The van der Waals surface area contributed by atoms with E-state index in [0.717, 1.165) is 24.1 Å². The van der Waals surface area contributed by atoms with Crippen molar-refractivity contribution in [3.8, 4) is 0 Å². The van der Waals surface area contributed by atoms with Crippen LogP contribution in [0.25, 0.3) is 0 Å². The first kappa shape index (κ1) is 13.1. The molecule has 0 bridgehead atoms.